The Labute approximate surface area is 168 Å². The van der Waals surface area contributed by atoms with Gasteiger partial charge in [0.1, 0.15) is 12.6 Å². The zero-order valence-corrected chi connectivity index (χ0v) is 16.5. The molecule has 2 amide bonds. The van der Waals surface area contributed by atoms with Crippen LogP contribution in [-0.4, -0.2) is 55.0 Å². The zero-order chi connectivity index (χ0) is 21.4. The van der Waals surface area contributed by atoms with Crippen molar-refractivity contribution in [3.8, 4) is 0 Å². The molecule has 2 rings (SSSR count). The second kappa shape index (κ2) is 9.87. The summed E-state index contributed by atoms with van der Waals surface area (Å²) in [5.74, 6) is -1.84. The number of hydroxylamine groups is 2. The minimum Gasteiger partial charge on any atom is -0.445 e. The maximum Gasteiger partial charge on any atom is 0.408 e. The van der Waals surface area contributed by atoms with Gasteiger partial charge in [0.2, 0.25) is 6.79 Å². The molecule has 0 spiro atoms. The summed E-state index contributed by atoms with van der Waals surface area (Å²) in [5, 5.41) is 3.33. The monoisotopic (exact) mass is 408 g/mol. The lowest BCUT2D eigenvalue weighted by Gasteiger charge is -2.36. The molecular formula is C19H24N2O8. The smallest absolute Gasteiger partial charge is 0.408 e. The van der Waals surface area contributed by atoms with Gasteiger partial charge in [-0.25, -0.2) is 14.7 Å². The summed E-state index contributed by atoms with van der Waals surface area (Å²) in [4.78, 5) is 51.7. The molecule has 1 atom stereocenters. The first-order valence-electron chi connectivity index (χ1n) is 8.91. The van der Waals surface area contributed by atoms with Crippen molar-refractivity contribution < 1.29 is 38.2 Å². The van der Waals surface area contributed by atoms with Gasteiger partial charge in [0.25, 0.3) is 5.91 Å². The van der Waals surface area contributed by atoms with Crippen molar-refractivity contribution >= 4 is 23.9 Å². The average molecular weight is 408 g/mol. The Hall–Kier alpha value is -3.14. The Morgan fingerprint density at radius 2 is 1.79 bits per heavy atom. The minimum atomic E-state index is -0.807. The normalized spacial score (nSPS) is 15.9. The van der Waals surface area contributed by atoms with E-state index in [1.165, 1.54) is 0 Å². The van der Waals surface area contributed by atoms with Gasteiger partial charge in [-0.2, -0.15) is 0 Å². The van der Waals surface area contributed by atoms with E-state index in [4.69, 9.17) is 19.0 Å². The van der Waals surface area contributed by atoms with E-state index in [1.54, 1.807) is 32.9 Å². The molecule has 1 aromatic rings. The predicted molar refractivity (Wildman–Crippen MR) is 97.7 cm³/mol. The van der Waals surface area contributed by atoms with Crippen LogP contribution >= 0.6 is 0 Å². The number of hydrogen-bond donors (Lipinski definition) is 1. The van der Waals surface area contributed by atoms with Crippen LogP contribution in [0.3, 0.4) is 0 Å². The van der Waals surface area contributed by atoms with Crippen molar-refractivity contribution in [2.45, 2.75) is 33.4 Å². The quantitative estimate of drug-likeness (QED) is 0.386. The first-order valence-corrected chi connectivity index (χ1v) is 8.91. The third-order valence-electron chi connectivity index (χ3n) is 3.76. The van der Waals surface area contributed by atoms with Crippen molar-refractivity contribution in [1.82, 2.24) is 10.4 Å². The molecule has 0 radical (unpaired) electrons. The van der Waals surface area contributed by atoms with Gasteiger partial charge in [0.15, 0.2) is 6.61 Å². The number of ether oxygens (including phenoxy) is 3. The van der Waals surface area contributed by atoms with Crippen molar-refractivity contribution in [3.63, 3.8) is 0 Å². The summed E-state index contributed by atoms with van der Waals surface area (Å²) in [5.41, 5.74) is 0.108. The molecule has 0 saturated carbocycles. The Morgan fingerprint density at radius 1 is 1.10 bits per heavy atom. The molecule has 1 fully saturated rings. The van der Waals surface area contributed by atoms with E-state index in [0.29, 0.717) is 0 Å². The Bertz CT molecular complexity index is 744. The number of β-lactam (4-membered cyclic amide) rings is 1. The number of nitrogens with one attached hydrogen (secondary N) is 1. The SMILES string of the molecule is CC(C)(C)C(=O)OCOC(=O)CON1C[C@H](NC(=O)OCc2ccccc2)C1=O. The molecule has 10 heteroatoms. The number of benzene rings is 1. The maximum atomic E-state index is 11.9. The first kappa shape index (κ1) is 22.2. The van der Waals surface area contributed by atoms with Crippen molar-refractivity contribution in [3.05, 3.63) is 35.9 Å². The highest BCUT2D eigenvalue weighted by Gasteiger charge is 2.39. The molecule has 1 N–H and O–H groups in total. The van der Waals surface area contributed by atoms with Crippen LogP contribution in [0.25, 0.3) is 0 Å². The zero-order valence-electron chi connectivity index (χ0n) is 16.5. The van der Waals surface area contributed by atoms with Crippen LogP contribution in [0.4, 0.5) is 4.79 Å². The third kappa shape index (κ3) is 7.07. The van der Waals surface area contributed by atoms with E-state index in [0.717, 1.165) is 10.6 Å². The highest BCUT2D eigenvalue weighted by Crippen LogP contribution is 2.15. The Balaban J connectivity index is 1.58. The molecule has 1 heterocycles. The van der Waals surface area contributed by atoms with Crippen LogP contribution in [0.15, 0.2) is 30.3 Å². The van der Waals surface area contributed by atoms with E-state index in [2.05, 4.69) is 5.32 Å². The van der Waals surface area contributed by atoms with Crippen LogP contribution in [-0.2, 0) is 40.0 Å². The van der Waals surface area contributed by atoms with Gasteiger partial charge in [-0.3, -0.25) is 14.4 Å². The number of hydrogen-bond acceptors (Lipinski definition) is 8. The largest absolute Gasteiger partial charge is 0.445 e. The summed E-state index contributed by atoms with van der Waals surface area (Å²) in [6.07, 6.45) is -0.730. The number of rotatable bonds is 8. The average Bonchev–Trinajstić information content (AvgIpc) is 2.68. The third-order valence-corrected chi connectivity index (χ3v) is 3.76. The van der Waals surface area contributed by atoms with E-state index >= 15 is 0 Å². The van der Waals surface area contributed by atoms with Gasteiger partial charge in [0.05, 0.1) is 12.0 Å². The molecule has 29 heavy (non-hydrogen) atoms. The van der Waals surface area contributed by atoms with Crippen LogP contribution in [0.5, 0.6) is 0 Å². The number of esters is 2. The number of amides is 2. The van der Waals surface area contributed by atoms with E-state index in [1.807, 2.05) is 18.2 Å². The molecule has 158 valence electrons. The van der Waals surface area contributed by atoms with Gasteiger partial charge >= 0.3 is 18.0 Å². The predicted octanol–water partition coefficient (Wildman–Crippen LogP) is 1.15. The molecule has 0 aliphatic carbocycles. The van der Waals surface area contributed by atoms with Crippen LogP contribution in [0.1, 0.15) is 26.3 Å². The fraction of sp³-hybridized carbons (Fsp3) is 0.474. The van der Waals surface area contributed by atoms with Gasteiger partial charge in [-0.05, 0) is 26.3 Å². The van der Waals surface area contributed by atoms with Gasteiger partial charge in [-0.1, -0.05) is 30.3 Å². The van der Waals surface area contributed by atoms with E-state index in [9.17, 15) is 19.2 Å². The fourth-order valence-electron chi connectivity index (χ4n) is 2.06. The highest BCUT2D eigenvalue weighted by atomic mass is 16.7. The molecule has 1 aliphatic heterocycles. The Kier molecular flexibility index (Phi) is 7.54. The van der Waals surface area contributed by atoms with Gasteiger partial charge in [0, 0.05) is 0 Å². The summed E-state index contributed by atoms with van der Waals surface area (Å²) in [6, 6.07) is 8.31. The number of alkyl carbamates (subject to hydrolysis) is 1. The Morgan fingerprint density at radius 3 is 2.41 bits per heavy atom. The molecule has 0 unspecified atom stereocenters. The summed E-state index contributed by atoms with van der Waals surface area (Å²) >= 11 is 0. The lowest BCUT2D eigenvalue weighted by molar-refractivity contribution is -0.219. The fourth-order valence-corrected chi connectivity index (χ4v) is 2.06. The van der Waals surface area contributed by atoms with Crippen LogP contribution in [0.2, 0.25) is 0 Å². The maximum absolute atomic E-state index is 11.9. The van der Waals surface area contributed by atoms with E-state index < -0.39 is 48.8 Å². The molecule has 0 aromatic heterocycles. The summed E-state index contributed by atoms with van der Waals surface area (Å²) < 4.78 is 14.5. The molecule has 1 aromatic carbocycles. The van der Waals surface area contributed by atoms with Gasteiger partial charge in [-0.15, -0.1) is 0 Å². The van der Waals surface area contributed by atoms with Crippen molar-refractivity contribution in [2.24, 2.45) is 5.41 Å². The second-order valence-corrected chi connectivity index (χ2v) is 7.25. The van der Waals surface area contributed by atoms with Gasteiger partial charge < -0.3 is 19.5 Å². The summed E-state index contributed by atoms with van der Waals surface area (Å²) in [7, 11) is 0. The second-order valence-electron chi connectivity index (χ2n) is 7.25. The molecule has 10 nitrogen and oxygen atoms in total. The molecule has 0 bridgehead atoms. The van der Waals surface area contributed by atoms with Crippen molar-refractivity contribution in [1.29, 1.82) is 0 Å². The molecule has 1 saturated heterocycles. The summed E-state index contributed by atoms with van der Waals surface area (Å²) in [6.45, 7) is 4.06. The lowest BCUT2D eigenvalue weighted by Crippen LogP contribution is -2.63. The minimum absolute atomic E-state index is 0.0611. The van der Waals surface area contributed by atoms with Crippen LogP contribution < -0.4 is 5.32 Å². The van der Waals surface area contributed by atoms with E-state index in [-0.39, 0.29) is 13.2 Å². The van der Waals surface area contributed by atoms with Crippen LogP contribution in [0, 0.1) is 5.41 Å². The topological polar surface area (TPSA) is 120 Å². The lowest BCUT2D eigenvalue weighted by atomic mass is 9.98. The number of nitrogens with zero attached hydrogens (tertiary/aromatic N) is 1. The molecular weight excluding hydrogens is 384 g/mol. The number of carbonyl (C=O) groups is 4. The highest BCUT2D eigenvalue weighted by molar-refractivity contribution is 5.90. The van der Waals surface area contributed by atoms with Crippen molar-refractivity contribution in [2.75, 3.05) is 19.9 Å². The molecule has 1 aliphatic rings. The first-order chi connectivity index (χ1) is 13.7. The number of carbonyl (C=O) groups excluding carboxylic acids is 4. The standard InChI is InChI=1S/C19H24N2O8/c1-19(2,3)17(24)28-12-27-15(22)11-29-21-9-14(16(21)23)20-18(25)26-10-13-7-5-4-6-8-13/h4-8,14H,9-12H2,1-3H3,(H,20,25)/t14-/m0/s1.